The lowest BCUT2D eigenvalue weighted by Gasteiger charge is -2.60. The van der Waals surface area contributed by atoms with E-state index in [1.54, 1.807) is 0 Å². The van der Waals surface area contributed by atoms with Crippen molar-refractivity contribution >= 4 is 5.91 Å². The molecular weight excluding hydrogens is 208 g/mol. The Morgan fingerprint density at radius 1 is 1.62 bits per heavy atom. The zero-order valence-electron chi connectivity index (χ0n) is 9.82. The van der Waals surface area contributed by atoms with Gasteiger partial charge in [-0.15, -0.1) is 0 Å². The summed E-state index contributed by atoms with van der Waals surface area (Å²) in [4.78, 5) is 12.1. The summed E-state index contributed by atoms with van der Waals surface area (Å²) in [6, 6.07) is 0. The molecule has 16 heavy (non-hydrogen) atoms. The van der Waals surface area contributed by atoms with Crippen molar-refractivity contribution in [3.63, 3.8) is 0 Å². The summed E-state index contributed by atoms with van der Waals surface area (Å²) in [5.74, 6) is -0.0560. The van der Waals surface area contributed by atoms with Crippen molar-refractivity contribution in [3.05, 3.63) is 0 Å². The largest absolute Gasteiger partial charge is 0.395 e. The molecule has 0 bridgehead atoms. The van der Waals surface area contributed by atoms with Crippen LogP contribution in [0, 0.1) is 11.3 Å². The van der Waals surface area contributed by atoms with Gasteiger partial charge >= 0.3 is 0 Å². The Balaban J connectivity index is 2.14. The molecule has 3 unspecified atom stereocenters. The fourth-order valence-corrected chi connectivity index (χ4v) is 3.16. The fourth-order valence-electron chi connectivity index (χ4n) is 3.16. The Bertz CT molecular complexity index is 306. The second-order valence-corrected chi connectivity index (χ2v) is 5.26. The number of nitrogens with one attached hydrogen (secondary N) is 1. The maximum Gasteiger partial charge on any atom is 0.241 e. The average Bonchev–Trinajstić information content (AvgIpc) is 2.72. The molecule has 3 atom stereocenters. The van der Waals surface area contributed by atoms with E-state index in [1.807, 2.05) is 13.8 Å². The van der Waals surface area contributed by atoms with Crippen LogP contribution in [0.2, 0.25) is 0 Å². The minimum absolute atomic E-state index is 0.0627. The van der Waals surface area contributed by atoms with E-state index in [0.29, 0.717) is 6.61 Å². The monoisotopic (exact) mass is 228 g/mol. The SMILES string of the molecule is CC1(C)C2OCCC2C1(N)C(=O)NCCO. The zero-order chi connectivity index (χ0) is 12.0. The van der Waals surface area contributed by atoms with Crippen molar-refractivity contribution in [3.8, 4) is 0 Å². The first kappa shape index (κ1) is 11.8. The van der Waals surface area contributed by atoms with Gasteiger partial charge in [-0.25, -0.2) is 0 Å². The summed E-state index contributed by atoms with van der Waals surface area (Å²) in [5.41, 5.74) is 5.08. The van der Waals surface area contributed by atoms with Crippen molar-refractivity contribution in [2.24, 2.45) is 17.1 Å². The second kappa shape index (κ2) is 3.68. The maximum atomic E-state index is 12.1. The Labute approximate surface area is 95.3 Å². The summed E-state index contributed by atoms with van der Waals surface area (Å²) >= 11 is 0. The first-order valence-corrected chi connectivity index (χ1v) is 5.76. The standard InChI is InChI=1S/C11H20N2O3/c1-10(2)8-7(3-6-16-8)11(10,12)9(15)13-4-5-14/h7-8,14H,3-6,12H2,1-2H3,(H,13,15). The van der Waals surface area contributed by atoms with Crippen molar-refractivity contribution in [2.75, 3.05) is 19.8 Å². The van der Waals surface area contributed by atoms with E-state index in [9.17, 15) is 4.79 Å². The molecule has 0 radical (unpaired) electrons. The van der Waals surface area contributed by atoms with Crippen LogP contribution >= 0.6 is 0 Å². The highest BCUT2D eigenvalue weighted by Gasteiger charge is 2.71. The van der Waals surface area contributed by atoms with Crippen molar-refractivity contribution in [2.45, 2.75) is 31.9 Å². The van der Waals surface area contributed by atoms with Gasteiger partial charge in [0.25, 0.3) is 0 Å². The number of hydrogen-bond donors (Lipinski definition) is 3. The Kier molecular flexibility index (Phi) is 2.72. The molecule has 5 heteroatoms. The van der Waals surface area contributed by atoms with Gasteiger partial charge in [0.15, 0.2) is 0 Å². The number of hydrogen-bond acceptors (Lipinski definition) is 4. The number of fused-ring (bicyclic) bond motifs is 1. The van der Waals surface area contributed by atoms with E-state index < -0.39 is 5.54 Å². The number of aliphatic hydroxyl groups excluding tert-OH is 1. The van der Waals surface area contributed by atoms with Crippen molar-refractivity contribution in [1.29, 1.82) is 0 Å². The van der Waals surface area contributed by atoms with E-state index in [0.717, 1.165) is 6.42 Å². The van der Waals surface area contributed by atoms with Gasteiger partial charge < -0.3 is 20.9 Å². The molecule has 1 saturated heterocycles. The number of carbonyl (C=O) groups is 1. The van der Waals surface area contributed by atoms with E-state index >= 15 is 0 Å². The normalized spacial score (nSPS) is 40.0. The van der Waals surface area contributed by atoms with E-state index in [2.05, 4.69) is 5.32 Å². The fraction of sp³-hybridized carbons (Fsp3) is 0.909. The average molecular weight is 228 g/mol. The summed E-state index contributed by atoms with van der Waals surface area (Å²) < 4.78 is 5.61. The number of rotatable bonds is 3. The molecule has 0 aromatic carbocycles. The van der Waals surface area contributed by atoms with Crippen LogP contribution in [-0.2, 0) is 9.53 Å². The molecule has 0 aromatic heterocycles. The summed E-state index contributed by atoms with van der Waals surface area (Å²) in [6.45, 7) is 4.82. The highest BCUT2D eigenvalue weighted by molar-refractivity contribution is 5.89. The zero-order valence-corrected chi connectivity index (χ0v) is 9.82. The van der Waals surface area contributed by atoms with Gasteiger partial charge in [0.2, 0.25) is 5.91 Å². The maximum absolute atomic E-state index is 12.1. The molecule has 92 valence electrons. The van der Waals surface area contributed by atoms with Crippen LogP contribution in [0.3, 0.4) is 0 Å². The minimum atomic E-state index is -0.858. The van der Waals surface area contributed by atoms with E-state index in [1.165, 1.54) is 0 Å². The quantitative estimate of drug-likeness (QED) is 0.592. The van der Waals surface area contributed by atoms with Gasteiger partial charge in [-0.1, -0.05) is 13.8 Å². The lowest BCUT2D eigenvalue weighted by Crippen LogP contribution is -2.80. The van der Waals surface area contributed by atoms with Crippen molar-refractivity contribution in [1.82, 2.24) is 5.32 Å². The third-order valence-electron chi connectivity index (χ3n) is 4.23. The topological polar surface area (TPSA) is 84.6 Å². The summed E-state index contributed by atoms with van der Waals surface area (Å²) in [5, 5.41) is 11.4. The lowest BCUT2D eigenvalue weighted by atomic mass is 9.48. The molecule has 2 aliphatic rings. The number of aliphatic hydroxyl groups is 1. The lowest BCUT2D eigenvalue weighted by molar-refractivity contribution is -0.175. The van der Waals surface area contributed by atoms with E-state index in [4.69, 9.17) is 15.6 Å². The Morgan fingerprint density at radius 3 is 2.94 bits per heavy atom. The van der Waals surface area contributed by atoms with Gasteiger partial charge in [-0.2, -0.15) is 0 Å². The molecule has 1 amide bonds. The molecule has 0 spiro atoms. The van der Waals surface area contributed by atoms with Gasteiger partial charge in [-0.3, -0.25) is 4.79 Å². The highest BCUT2D eigenvalue weighted by Crippen LogP contribution is 2.58. The summed E-state index contributed by atoms with van der Waals surface area (Å²) in [7, 11) is 0. The van der Waals surface area contributed by atoms with Crippen LogP contribution in [0.25, 0.3) is 0 Å². The molecule has 2 fully saturated rings. The second-order valence-electron chi connectivity index (χ2n) is 5.26. The van der Waals surface area contributed by atoms with Crippen LogP contribution in [0.1, 0.15) is 20.3 Å². The first-order valence-electron chi connectivity index (χ1n) is 5.76. The Hall–Kier alpha value is -0.650. The minimum Gasteiger partial charge on any atom is -0.395 e. The number of carbonyl (C=O) groups excluding carboxylic acids is 1. The van der Waals surface area contributed by atoms with Crippen molar-refractivity contribution < 1.29 is 14.6 Å². The third kappa shape index (κ3) is 1.25. The van der Waals surface area contributed by atoms with Gasteiger partial charge in [-0.05, 0) is 6.42 Å². The smallest absolute Gasteiger partial charge is 0.241 e. The predicted molar refractivity (Wildman–Crippen MR) is 58.6 cm³/mol. The van der Waals surface area contributed by atoms with Gasteiger partial charge in [0.05, 0.1) is 12.7 Å². The number of nitrogens with two attached hydrogens (primary N) is 1. The van der Waals surface area contributed by atoms with Crippen LogP contribution in [0.4, 0.5) is 0 Å². The molecule has 1 heterocycles. The molecule has 5 nitrogen and oxygen atoms in total. The van der Waals surface area contributed by atoms with E-state index in [-0.39, 0.29) is 36.5 Å². The highest BCUT2D eigenvalue weighted by atomic mass is 16.5. The van der Waals surface area contributed by atoms with Crippen LogP contribution in [0.5, 0.6) is 0 Å². The molecule has 0 aromatic rings. The van der Waals surface area contributed by atoms with Crippen LogP contribution in [0.15, 0.2) is 0 Å². The van der Waals surface area contributed by atoms with Gasteiger partial charge in [0.1, 0.15) is 5.54 Å². The molecule has 1 aliphatic carbocycles. The molecule has 4 N–H and O–H groups in total. The number of amides is 1. The predicted octanol–water partition coefficient (Wildman–Crippen LogP) is -0.763. The molecule has 1 aliphatic heterocycles. The molecule has 1 saturated carbocycles. The Morgan fingerprint density at radius 2 is 2.31 bits per heavy atom. The third-order valence-corrected chi connectivity index (χ3v) is 4.23. The molecule has 2 rings (SSSR count). The number of ether oxygens (including phenoxy) is 1. The van der Waals surface area contributed by atoms with Gasteiger partial charge in [0, 0.05) is 24.5 Å². The van der Waals surface area contributed by atoms with Crippen LogP contribution < -0.4 is 11.1 Å². The van der Waals surface area contributed by atoms with Crippen LogP contribution in [-0.4, -0.2) is 42.4 Å². The first-order chi connectivity index (χ1) is 7.46. The summed E-state index contributed by atoms with van der Waals surface area (Å²) in [6.07, 6.45) is 0.939. The molecular formula is C11H20N2O3.